The number of amides is 5. The summed E-state index contributed by atoms with van der Waals surface area (Å²) >= 11 is 0. The van der Waals surface area contributed by atoms with Gasteiger partial charge < -0.3 is 15.5 Å². The van der Waals surface area contributed by atoms with E-state index < -0.39 is 56.4 Å². The molecule has 0 saturated carbocycles. The van der Waals surface area contributed by atoms with E-state index >= 15 is 0 Å². The van der Waals surface area contributed by atoms with Crippen molar-refractivity contribution in [1.29, 1.82) is 0 Å². The molecule has 2 aliphatic rings. The van der Waals surface area contributed by atoms with Crippen molar-refractivity contribution >= 4 is 31.5 Å². The molecule has 2 unspecified atom stereocenters. The predicted molar refractivity (Wildman–Crippen MR) is 78.6 cm³/mol. The van der Waals surface area contributed by atoms with E-state index in [0.717, 1.165) is 0 Å². The Balaban J connectivity index is 2.52. The van der Waals surface area contributed by atoms with Gasteiger partial charge in [-0.05, 0) is 12.8 Å². The van der Waals surface area contributed by atoms with Crippen LogP contribution in [0, 0.1) is 0 Å². The van der Waals surface area contributed by atoms with Gasteiger partial charge in [-0.25, -0.2) is 18.7 Å². The molecule has 2 aliphatic heterocycles. The van der Waals surface area contributed by atoms with Gasteiger partial charge in [-0.15, -0.1) is 0 Å². The molecule has 24 heavy (non-hydrogen) atoms. The highest BCUT2D eigenvalue weighted by atomic mass is 31.1. The van der Waals surface area contributed by atoms with Crippen molar-refractivity contribution in [2.75, 3.05) is 13.2 Å². The van der Waals surface area contributed by atoms with Gasteiger partial charge in [0, 0.05) is 0 Å². The summed E-state index contributed by atoms with van der Waals surface area (Å²) in [7, 11) is -3.50. The summed E-state index contributed by atoms with van der Waals surface area (Å²) in [4.78, 5) is 40.7. The van der Waals surface area contributed by atoms with Crippen molar-refractivity contribution in [3.05, 3.63) is 0 Å². The molecule has 1 saturated heterocycles. The highest BCUT2D eigenvalue weighted by molar-refractivity contribution is 7.29. The van der Waals surface area contributed by atoms with E-state index in [1.165, 1.54) is 0 Å². The summed E-state index contributed by atoms with van der Waals surface area (Å²) < 4.78 is 23.7. The molecule has 2 atom stereocenters. The number of nitrogens with one attached hydrogen (secondary N) is 1. The zero-order chi connectivity index (χ0) is 18.1. The van der Waals surface area contributed by atoms with Crippen LogP contribution in [0.3, 0.4) is 0 Å². The number of carbonyl (C=O) groups is 3. The molecule has 0 aromatic carbocycles. The molecule has 3 N–H and O–H groups in total. The third kappa shape index (κ3) is 2.85. The van der Waals surface area contributed by atoms with Crippen molar-refractivity contribution in [3.63, 3.8) is 0 Å². The predicted octanol–water partition coefficient (Wildman–Crippen LogP) is -0.258. The maximum atomic E-state index is 12.5. The second-order valence-electron chi connectivity index (χ2n) is 5.44. The highest BCUT2D eigenvalue weighted by Gasteiger charge is 2.60. The van der Waals surface area contributed by atoms with Gasteiger partial charge in [0.15, 0.2) is 11.4 Å². The Bertz CT molecular complexity index is 668. The van der Waals surface area contributed by atoms with Crippen molar-refractivity contribution < 1.29 is 33.7 Å². The summed E-state index contributed by atoms with van der Waals surface area (Å²) in [5, 5.41) is 20.7. The number of rotatable bonds is 7. The zero-order valence-electron chi connectivity index (χ0n) is 12.8. The van der Waals surface area contributed by atoms with E-state index in [1.54, 1.807) is 0 Å². The van der Waals surface area contributed by atoms with Crippen LogP contribution in [-0.2, 0) is 13.9 Å². The minimum absolute atomic E-state index is 0.00522. The number of β-amino-alcohol motifs (C(OH)–C–C–N with tert-alkyl or cyclic N) is 1. The number of unbranched alkanes of at least 4 members (excludes halogenated alkanes) is 1. The van der Waals surface area contributed by atoms with Crippen LogP contribution in [0.5, 0.6) is 0 Å². The molecule has 2 heterocycles. The van der Waals surface area contributed by atoms with E-state index in [-0.39, 0.29) is 6.42 Å². The molecule has 132 valence electrons. The Morgan fingerprint density at radius 2 is 2.00 bits per heavy atom. The van der Waals surface area contributed by atoms with Crippen LogP contribution in [0.25, 0.3) is 0 Å². The first kappa shape index (κ1) is 18.2. The molecule has 0 aromatic rings. The first-order chi connectivity index (χ1) is 11.3. The van der Waals surface area contributed by atoms with Crippen LogP contribution >= 0.6 is 7.83 Å². The molecule has 5 amide bonds. The third-order valence-corrected chi connectivity index (χ3v) is 4.64. The van der Waals surface area contributed by atoms with Crippen LogP contribution in [-0.4, -0.2) is 68.4 Å². The SMILES string of the molecule is CCCCC12NC(=O)N=C1C(=O)N(CC(O)CO)C(=O)N2P(=O)=O. The lowest BCUT2D eigenvalue weighted by molar-refractivity contribution is -0.125. The molecule has 1 fully saturated rings. The van der Waals surface area contributed by atoms with Crippen LogP contribution in [0.1, 0.15) is 26.2 Å². The average Bonchev–Trinajstić information content (AvgIpc) is 2.86. The lowest BCUT2D eigenvalue weighted by atomic mass is 9.94. The normalized spacial score (nSPS) is 24.6. The Kier molecular flexibility index (Phi) is 5.16. The Morgan fingerprint density at radius 3 is 2.54 bits per heavy atom. The van der Waals surface area contributed by atoms with Crippen LogP contribution in [0.2, 0.25) is 0 Å². The Hall–Kier alpha value is -2.10. The summed E-state index contributed by atoms with van der Waals surface area (Å²) in [6.45, 7) is 0.471. The smallest absolute Gasteiger partial charge is 0.394 e. The maximum absolute atomic E-state index is 12.5. The van der Waals surface area contributed by atoms with Crippen LogP contribution in [0.15, 0.2) is 4.99 Å². The molecule has 2 rings (SSSR count). The van der Waals surface area contributed by atoms with Crippen LogP contribution in [0.4, 0.5) is 9.59 Å². The maximum Gasteiger partial charge on any atom is 0.432 e. The number of urea groups is 2. The lowest BCUT2D eigenvalue weighted by Gasteiger charge is -2.43. The number of nitrogens with zero attached hydrogens (tertiary/aromatic N) is 3. The van der Waals surface area contributed by atoms with Gasteiger partial charge in [-0.2, -0.15) is 9.66 Å². The first-order valence-corrected chi connectivity index (χ1v) is 8.42. The molecule has 11 nitrogen and oxygen atoms in total. The fraction of sp³-hybridized carbons (Fsp3) is 0.667. The molecule has 0 aromatic heterocycles. The summed E-state index contributed by atoms with van der Waals surface area (Å²) in [5.74, 6) is -0.977. The standard InChI is InChI=1S/C12H17N4O7P/c1-2-3-4-12-8(13-10(20)14-12)9(19)15(5-7(18)6-17)11(21)16(12)24(22)23/h7,17-18H,2-6H2,1H3,(H,14,20). The quantitative estimate of drug-likeness (QED) is 0.528. The van der Waals surface area contributed by atoms with Crippen molar-refractivity contribution in [2.45, 2.75) is 38.0 Å². The molecule has 0 spiro atoms. The number of fused-ring (bicyclic) bond motifs is 1. The van der Waals surface area contributed by atoms with Gasteiger partial charge in [-0.3, -0.25) is 9.69 Å². The monoisotopic (exact) mass is 360 g/mol. The molecular weight excluding hydrogens is 343 g/mol. The second kappa shape index (κ2) is 6.80. The largest absolute Gasteiger partial charge is 0.432 e. The van der Waals surface area contributed by atoms with Crippen molar-refractivity contribution in [1.82, 2.24) is 14.9 Å². The summed E-state index contributed by atoms with van der Waals surface area (Å²) in [6, 6.07) is -2.13. The Morgan fingerprint density at radius 1 is 1.33 bits per heavy atom. The number of carbonyl (C=O) groups excluding carboxylic acids is 3. The minimum atomic E-state index is -3.50. The molecule has 0 radical (unpaired) electrons. The van der Waals surface area contributed by atoms with Gasteiger partial charge in [0.1, 0.15) is 0 Å². The van der Waals surface area contributed by atoms with Crippen molar-refractivity contribution in [2.24, 2.45) is 4.99 Å². The lowest BCUT2D eigenvalue weighted by Crippen LogP contribution is -2.71. The number of hydrogen-bond acceptors (Lipinski definition) is 7. The topological polar surface area (TPSA) is 157 Å². The third-order valence-electron chi connectivity index (χ3n) is 3.80. The number of hydrogen-bond donors (Lipinski definition) is 3. The van der Waals surface area contributed by atoms with Gasteiger partial charge in [0.25, 0.3) is 5.91 Å². The fourth-order valence-electron chi connectivity index (χ4n) is 2.69. The fourth-order valence-corrected chi connectivity index (χ4v) is 3.46. The van der Waals surface area contributed by atoms with Gasteiger partial charge in [0.05, 0.1) is 19.3 Å². The van der Waals surface area contributed by atoms with E-state index in [0.29, 0.717) is 22.4 Å². The Labute approximate surface area is 137 Å². The number of imide groups is 1. The van der Waals surface area contributed by atoms with Crippen LogP contribution < -0.4 is 5.32 Å². The molecule has 12 heteroatoms. The first-order valence-electron chi connectivity index (χ1n) is 7.29. The number of aliphatic hydroxyl groups is 2. The number of aliphatic hydroxyl groups excluding tert-OH is 2. The van der Waals surface area contributed by atoms with Gasteiger partial charge in [-0.1, -0.05) is 13.3 Å². The van der Waals surface area contributed by atoms with Crippen molar-refractivity contribution in [3.8, 4) is 0 Å². The molecular formula is C12H17N4O7P. The average molecular weight is 360 g/mol. The van der Waals surface area contributed by atoms with E-state index in [4.69, 9.17) is 5.11 Å². The van der Waals surface area contributed by atoms with Gasteiger partial charge >= 0.3 is 19.9 Å². The minimum Gasteiger partial charge on any atom is -0.394 e. The van der Waals surface area contributed by atoms with E-state index in [2.05, 4.69) is 10.3 Å². The zero-order valence-corrected chi connectivity index (χ0v) is 13.7. The molecule has 0 bridgehead atoms. The summed E-state index contributed by atoms with van der Waals surface area (Å²) in [5.41, 5.74) is -2.25. The highest BCUT2D eigenvalue weighted by Crippen LogP contribution is 2.38. The van der Waals surface area contributed by atoms with E-state index in [1.807, 2.05) is 6.92 Å². The van der Waals surface area contributed by atoms with Gasteiger partial charge in [0.2, 0.25) is 0 Å². The second-order valence-corrected chi connectivity index (χ2v) is 6.31. The number of aliphatic imine (C=N–C) groups is 1. The molecule has 0 aliphatic carbocycles. The van der Waals surface area contributed by atoms with E-state index in [9.17, 15) is 28.6 Å². The summed E-state index contributed by atoms with van der Waals surface area (Å²) in [6.07, 6.45) is -0.383.